The van der Waals surface area contributed by atoms with Gasteiger partial charge in [-0.05, 0) is 75.7 Å². The number of hydrogen-bond acceptors (Lipinski definition) is 2. The summed E-state index contributed by atoms with van der Waals surface area (Å²) in [5.74, 6) is 0. The molecule has 0 atom stereocenters. The van der Waals surface area contributed by atoms with Gasteiger partial charge in [-0.3, -0.25) is 0 Å². The molecule has 0 amide bonds. The molecule has 1 aliphatic carbocycles. The average molecular weight is 274 g/mol. The largest absolute Gasteiger partial charge is 0.316 e. The fourth-order valence-electron chi connectivity index (χ4n) is 2.60. The maximum Gasteiger partial charge on any atom is 0.00682 e. The quantitative estimate of drug-likeness (QED) is 0.605. The van der Waals surface area contributed by atoms with Crippen molar-refractivity contribution in [3.63, 3.8) is 0 Å². The van der Waals surface area contributed by atoms with Gasteiger partial charge in [0.1, 0.15) is 0 Å². The molecule has 0 bridgehead atoms. The molecule has 20 heavy (non-hydrogen) atoms. The summed E-state index contributed by atoms with van der Waals surface area (Å²) in [6.45, 7) is 5.66. The Kier molecular flexibility index (Phi) is 7.10. The van der Waals surface area contributed by atoms with Crippen LogP contribution >= 0.6 is 0 Å². The molecule has 1 aromatic rings. The van der Waals surface area contributed by atoms with Crippen LogP contribution in [-0.4, -0.2) is 25.7 Å². The Morgan fingerprint density at radius 3 is 2.40 bits per heavy atom. The summed E-state index contributed by atoms with van der Waals surface area (Å²) in [7, 11) is 0. The molecule has 0 saturated heterocycles. The fourth-order valence-corrected chi connectivity index (χ4v) is 2.60. The third-order valence-corrected chi connectivity index (χ3v) is 4.00. The summed E-state index contributed by atoms with van der Waals surface area (Å²) < 4.78 is 0. The predicted molar refractivity (Wildman–Crippen MR) is 87.3 cm³/mol. The number of hydrogen-bond donors (Lipinski definition) is 2. The van der Waals surface area contributed by atoms with Crippen molar-refractivity contribution in [3.05, 3.63) is 35.4 Å². The first-order valence-corrected chi connectivity index (χ1v) is 8.41. The van der Waals surface area contributed by atoms with Gasteiger partial charge in [0.05, 0.1) is 0 Å². The van der Waals surface area contributed by atoms with Crippen LogP contribution < -0.4 is 10.6 Å². The van der Waals surface area contributed by atoms with E-state index >= 15 is 0 Å². The van der Waals surface area contributed by atoms with Gasteiger partial charge in [0.15, 0.2) is 0 Å². The van der Waals surface area contributed by atoms with Crippen LogP contribution in [0.15, 0.2) is 24.3 Å². The highest BCUT2D eigenvalue weighted by molar-refractivity contribution is 5.27. The van der Waals surface area contributed by atoms with Crippen LogP contribution in [0.2, 0.25) is 0 Å². The van der Waals surface area contributed by atoms with Gasteiger partial charge in [-0.1, -0.05) is 31.2 Å². The molecular weight excluding hydrogens is 244 g/mol. The Morgan fingerprint density at radius 1 is 0.950 bits per heavy atom. The molecule has 1 fully saturated rings. The number of aryl methyl sites for hydroxylation is 1. The molecule has 0 unspecified atom stereocenters. The van der Waals surface area contributed by atoms with Crippen LogP contribution in [0.4, 0.5) is 0 Å². The summed E-state index contributed by atoms with van der Waals surface area (Å²) in [4.78, 5) is 0. The molecule has 0 heterocycles. The smallest absolute Gasteiger partial charge is 0.00682 e. The van der Waals surface area contributed by atoms with E-state index in [-0.39, 0.29) is 0 Å². The highest BCUT2D eigenvalue weighted by Gasteiger charge is 2.19. The van der Waals surface area contributed by atoms with Crippen molar-refractivity contribution in [3.8, 4) is 0 Å². The van der Waals surface area contributed by atoms with Gasteiger partial charge in [-0.2, -0.15) is 0 Å². The van der Waals surface area contributed by atoms with Crippen molar-refractivity contribution in [2.24, 2.45) is 0 Å². The van der Waals surface area contributed by atoms with Crippen molar-refractivity contribution in [2.75, 3.05) is 19.6 Å². The lowest BCUT2D eigenvalue weighted by molar-refractivity contribution is 0.617. The number of benzene rings is 1. The lowest BCUT2D eigenvalue weighted by Crippen LogP contribution is -2.18. The zero-order chi connectivity index (χ0) is 14.0. The molecule has 1 saturated carbocycles. The second-order valence-corrected chi connectivity index (χ2v) is 5.95. The van der Waals surface area contributed by atoms with E-state index in [1.54, 1.807) is 5.56 Å². The van der Waals surface area contributed by atoms with Gasteiger partial charge in [0.25, 0.3) is 0 Å². The Labute approximate surface area is 124 Å². The van der Waals surface area contributed by atoms with E-state index in [0.717, 1.165) is 25.6 Å². The first-order chi connectivity index (χ1) is 9.90. The number of unbranched alkanes of at least 4 members (excludes halogenated alkanes) is 1. The van der Waals surface area contributed by atoms with Gasteiger partial charge in [0.2, 0.25) is 0 Å². The van der Waals surface area contributed by atoms with E-state index in [1.807, 2.05) is 0 Å². The van der Waals surface area contributed by atoms with E-state index in [9.17, 15) is 0 Å². The SMILES string of the molecule is CCCNCCc1ccccc1CCCCNC1CC1. The van der Waals surface area contributed by atoms with E-state index < -0.39 is 0 Å². The maximum absolute atomic E-state index is 3.60. The molecule has 0 aromatic heterocycles. The molecule has 0 spiro atoms. The second kappa shape index (κ2) is 9.15. The van der Waals surface area contributed by atoms with Gasteiger partial charge in [-0.25, -0.2) is 0 Å². The monoisotopic (exact) mass is 274 g/mol. The third kappa shape index (κ3) is 6.06. The second-order valence-electron chi connectivity index (χ2n) is 5.95. The molecule has 2 heteroatoms. The van der Waals surface area contributed by atoms with Crippen LogP contribution in [0.1, 0.15) is 50.2 Å². The topological polar surface area (TPSA) is 24.1 Å². The molecule has 2 nitrogen and oxygen atoms in total. The van der Waals surface area contributed by atoms with E-state index in [0.29, 0.717) is 0 Å². The molecule has 112 valence electrons. The number of nitrogens with one attached hydrogen (secondary N) is 2. The van der Waals surface area contributed by atoms with Crippen molar-refractivity contribution < 1.29 is 0 Å². The first kappa shape index (κ1) is 15.5. The van der Waals surface area contributed by atoms with E-state index in [2.05, 4.69) is 41.8 Å². The minimum absolute atomic E-state index is 0.854. The molecular formula is C18H30N2. The Balaban J connectivity index is 1.66. The van der Waals surface area contributed by atoms with Crippen molar-refractivity contribution in [1.29, 1.82) is 0 Å². The van der Waals surface area contributed by atoms with Gasteiger partial charge in [0, 0.05) is 6.04 Å². The summed E-state index contributed by atoms with van der Waals surface area (Å²) >= 11 is 0. The fraction of sp³-hybridized carbons (Fsp3) is 0.667. The lowest BCUT2D eigenvalue weighted by Gasteiger charge is -2.10. The molecule has 2 rings (SSSR count). The highest BCUT2D eigenvalue weighted by atomic mass is 14.9. The predicted octanol–water partition coefficient (Wildman–Crippen LogP) is 3.30. The van der Waals surface area contributed by atoms with Crippen molar-refractivity contribution in [1.82, 2.24) is 10.6 Å². The first-order valence-electron chi connectivity index (χ1n) is 8.41. The Bertz CT molecular complexity index is 371. The Morgan fingerprint density at radius 2 is 1.70 bits per heavy atom. The average Bonchev–Trinajstić information content (AvgIpc) is 3.29. The molecule has 0 aliphatic heterocycles. The van der Waals surface area contributed by atoms with Crippen LogP contribution in [0.3, 0.4) is 0 Å². The standard InChI is InChI=1S/C18H30N2/c1-2-13-19-15-12-17-8-4-3-7-16(17)9-5-6-14-20-18-10-11-18/h3-4,7-8,18-20H,2,5-6,9-15H2,1H3. The minimum atomic E-state index is 0.854. The van der Waals surface area contributed by atoms with Crippen LogP contribution in [0.5, 0.6) is 0 Å². The van der Waals surface area contributed by atoms with Crippen LogP contribution in [-0.2, 0) is 12.8 Å². The van der Waals surface area contributed by atoms with Crippen molar-refractivity contribution in [2.45, 2.75) is 57.9 Å². The molecule has 1 aliphatic rings. The zero-order valence-electron chi connectivity index (χ0n) is 13.0. The summed E-state index contributed by atoms with van der Waals surface area (Å²) in [6.07, 6.45) is 9.02. The van der Waals surface area contributed by atoms with Gasteiger partial charge >= 0.3 is 0 Å². The summed E-state index contributed by atoms with van der Waals surface area (Å²) in [5.41, 5.74) is 3.09. The highest BCUT2D eigenvalue weighted by Crippen LogP contribution is 2.18. The van der Waals surface area contributed by atoms with E-state index in [1.165, 1.54) is 50.6 Å². The molecule has 2 N–H and O–H groups in total. The third-order valence-electron chi connectivity index (χ3n) is 4.00. The Hall–Kier alpha value is -0.860. The van der Waals surface area contributed by atoms with Gasteiger partial charge < -0.3 is 10.6 Å². The van der Waals surface area contributed by atoms with Gasteiger partial charge in [-0.15, -0.1) is 0 Å². The maximum atomic E-state index is 3.60. The number of rotatable bonds is 11. The molecule has 0 radical (unpaired) electrons. The minimum Gasteiger partial charge on any atom is -0.316 e. The van der Waals surface area contributed by atoms with Crippen molar-refractivity contribution >= 4 is 0 Å². The summed E-state index contributed by atoms with van der Waals surface area (Å²) in [6, 6.07) is 9.81. The lowest BCUT2D eigenvalue weighted by atomic mass is 9.99. The van der Waals surface area contributed by atoms with E-state index in [4.69, 9.17) is 0 Å². The summed E-state index contributed by atoms with van der Waals surface area (Å²) in [5, 5.41) is 7.09. The zero-order valence-corrected chi connectivity index (χ0v) is 13.0. The normalized spacial score (nSPS) is 14.7. The van der Waals surface area contributed by atoms with Crippen LogP contribution in [0.25, 0.3) is 0 Å². The molecule has 1 aromatic carbocycles. The van der Waals surface area contributed by atoms with Crippen LogP contribution in [0, 0.1) is 0 Å².